The molecule has 266 valence electrons. The molecular weight excluding hydrogens is 585 g/mol. The van der Waals surface area contributed by atoms with Gasteiger partial charge in [-0.05, 0) is 44.9 Å². The van der Waals surface area contributed by atoms with Gasteiger partial charge in [0.25, 0.3) is 0 Å². The number of nitrogens with one attached hydrogen (secondary N) is 1. The number of hydrogen-bond donors (Lipinski definition) is 4. The van der Waals surface area contributed by atoms with Crippen molar-refractivity contribution in [2.24, 2.45) is 0 Å². The molecule has 0 fully saturated rings. The first-order valence-electron chi connectivity index (χ1n) is 18.8. The molecule has 0 aromatic rings. The number of carbonyl (C=O) groups is 1. The summed E-state index contributed by atoms with van der Waals surface area (Å²) in [5.41, 5.74) is 0. The number of hydrogen-bond acceptors (Lipinski definition) is 4. The molecule has 0 aromatic carbocycles. The zero-order valence-electron chi connectivity index (χ0n) is 29.3. The van der Waals surface area contributed by atoms with Gasteiger partial charge in [0.15, 0.2) is 0 Å². The quantitative estimate of drug-likeness (QED) is 0.0311. The van der Waals surface area contributed by atoms with Crippen LogP contribution >= 0.6 is 7.82 Å². The van der Waals surface area contributed by atoms with Crippen LogP contribution in [-0.4, -0.2) is 39.6 Å². The molecule has 0 saturated carbocycles. The molecule has 45 heavy (non-hydrogen) atoms. The van der Waals surface area contributed by atoms with E-state index >= 15 is 0 Å². The highest BCUT2D eigenvalue weighted by molar-refractivity contribution is 7.46. The van der Waals surface area contributed by atoms with Crippen LogP contribution in [0.5, 0.6) is 0 Å². The number of aliphatic hydroxyl groups excluding tert-OH is 1. The fourth-order valence-electron chi connectivity index (χ4n) is 5.51. The number of allylic oxidation sites excluding steroid dienone is 3. The average molecular weight is 658 g/mol. The molecule has 1 amide bonds. The summed E-state index contributed by atoms with van der Waals surface area (Å²) in [6.45, 7) is 4.05. The van der Waals surface area contributed by atoms with Crippen LogP contribution in [0.4, 0.5) is 0 Å². The third-order valence-corrected chi connectivity index (χ3v) is 8.89. The van der Waals surface area contributed by atoms with E-state index in [4.69, 9.17) is 9.79 Å². The molecule has 0 aromatic heterocycles. The monoisotopic (exact) mass is 658 g/mol. The molecule has 0 rings (SSSR count). The fraction of sp³-hybridized carbons (Fsp3) is 0.865. The number of phosphoric ester groups is 1. The molecule has 0 bridgehead atoms. The number of phosphoric acid groups is 1. The predicted octanol–water partition coefficient (Wildman–Crippen LogP) is 10.6. The van der Waals surface area contributed by atoms with Gasteiger partial charge in [-0.1, -0.05) is 160 Å². The lowest BCUT2D eigenvalue weighted by molar-refractivity contribution is -0.123. The second-order valence-electron chi connectivity index (χ2n) is 12.9. The Morgan fingerprint density at radius 3 is 1.42 bits per heavy atom. The van der Waals surface area contributed by atoms with Crippen LogP contribution in [0.15, 0.2) is 24.3 Å². The third kappa shape index (κ3) is 34.2. The van der Waals surface area contributed by atoms with Gasteiger partial charge < -0.3 is 20.2 Å². The highest BCUT2D eigenvalue weighted by atomic mass is 31.2. The Morgan fingerprint density at radius 1 is 0.622 bits per heavy atom. The van der Waals surface area contributed by atoms with Gasteiger partial charge in [-0.25, -0.2) is 4.57 Å². The summed E-state index contributed by atoms with van der Waals surface area (Å²) < 4.78 is 15.8. The Labute approximate surface area is 277 Å². The smallest absolute Gasteiger partial charge is 0.387 e. The molecule has 4 N–H and O–H groups in total. The summed E-state index contributed by atoms with van der Waals surface area (Å²) in [6.07, 6.45) is 39.0. The van der Waals surface area contributed by atoms with Gasteiger partial charge >= 0.3 is 7.82 Å². The molecule has 7 nitrogen and oxygen atoms in total. The van der Waals surface area contributed by atoms with E-state index in [1.54, 1.807) is 6.08 Å². The normalized spacial score (nSPS) is 13.6. The van der Waals surface area contributed by atoms with Crippen LogP contribution in [0, 0.1) is 0 Å². The largest absolute Gasteiger partial charge is 0.469 e. The standard InChI is InChI=1S/C37H72NO6P/c1-3-5-7-9-11-13-15-17-19-21-23-25-27-29-31-33-37(40)38-35(34-44-45(41,42)43)36(39)32-30-28-26-24-22-20-18-16-14-12-10-8-6-4-2/h17,19,30,32,35-36,39H,3-16,18,20-29,31,33-34H2,1-2H3,(H,38,40)(H2,41,42,43)/b19-17+,32-30+/t35-,36+/m0/s1. The van der Waals surface area contributed by atoms with Crippen molar-refractivity contribution in [3.05, 3.63) is 24.3 Å². The van der Waals surface area contributed by atoms with Gasteiger partial charge in [-0.15, -0.1) is 0 Å². The predicted molar refractivity (Wildman–Crippen MR) is 190 cm³/mol. The number of aliphatic hydroxyl groups is 1. The molecule has 2 atom stereocenters. The Morgan fingerprint density at radius 2 is 1.00 bits per heavy atom. The first kappa shape index (κ1) is 44.0. The highest BCUT2D eigenvalue weighted by Gasteiger charge is 2.24. The van der Waals surface area contributed by atoms with E-state index in [1.807, 2.05) is 6.08 Å². The van der Waals surface area contributed by atoms with Crippen molar-refractivity contribution in [2.45, 2.75) is 199 Å². The van der Waals surface area contributed by atoms with Crippen molar-refractivity contribution < 1.29 is 28.8 Å². The summed E-state index contributed by atoms with van der Waals surface area (Å²) in [4.78, 5) is 30.7. The van der Waals surface area contributed by atoms with E-state index in [0.717, 1.165) is 51.4 Å². The molecule has 0 aliphatic rings. The van der Waals surface area contributed by atoms with Gasteiger partial charge in [0.2, 0.25) is 5.91 Å². The maximum absolute atomic E-state index is 12.5. The minimum atomic E-state index is -4.71. The summed E-state index contributed by atoms with van der Waals surface area (Å²) >= 11 is 0. The van der Waals surface area contributed by atoms with Crippen molar-refractivity contribution in [1.29, 1.82) is 0 Å². The topological polar surface area (TPSA) is 116 Å². The molecule has 0 heterocycles. The van der Waals surface area contributed by atoms with E-state index in [-0.39, 0.29) is 5.91 Å². The summed E-state index contributed by atoms with van der Waals surface area (Å²) in [5, 5.41) is 13.3. The molecule has 8 heteroatoms. The van der Waals surface area contributed by atoms with Crippen molar-refractivity contribution >= 4 is 13.7 Å². The number of amides is 1. The maximum Gasteiger partial charge on any atom is 0.469 e. The van der Waals surface area contributed by atoms with E-state index in [2.05, 4.69) is 35.8 Å². The molecular formula is C37H72NO6P. The van der Waals surface area contributed by atoms with Crippen molar-refractivity contribution in [3.63, 3.8) is 0 Å². The molecule has 0 radical (unpaired) electrons. The zero-order chi connectivity index (χ0) is 33.3. The number of rotatable bonds is 34. The highest BCUT2D eigenvalue weighted by Crippen LogP contribution is 2.35. The third-order valence-electron chi connectivity index (χ3n) is 8.40. The van der Waals surface area contributed by atoms with Crippen molar-refractivity contribution in [3.8, 4) is 0 Å². The molecule has 0 aliphatic heterocycles. The summed E-state index contributed by atoms with van der Waals surface area (Å²) in [6, 6.07) is -0.911. The lowest BCUT2D eigenvalue weighted by atomic mass is 10.0. The van der Waals surface area contributed by atoms with Crippen molar-refractivity contribution in [1.82, 2.24) is 5.32 Å². The maximum atomic E-state index is 12.5. The Balaban J connectivity index is 4.06. The van der Waals surface area contributed by atoms with Crippen LogP contribution in [0.2, 0.25) is 0 Å². The lowest BCUT2D eigenvalue weighted by Crippen LogP contribution is -2.45. The lowest BCUT2D eigenvalue weighted by Gasteiger charge is -2.22. The first-order valence-corrected chi connectivity index (χ1v) is 20.3. The average Bonchev–Trinajstić information content (AvgIpc) is 3.00. The second kappa shape index (κ2) is 32.9. The van der Waals surface area contributed by atoms with Gasteiger partial charge in [-0.3, -0.25) is 9.32 Å². The van der Waals surface area contributed by atoms with Gasteiger partial charge in [-0.2, -0.15) is 0 Å². The van der Waals surface area contributed by atoms with Crippen LogP contribution < -0.4 is 5.32 Å². The molecule has 0 spiro atoms. The SMILES string of the molecule is CCCCCCCC/C=C/CCCCCCCC(=O)N[C@@H](COP(=O)(O)O)[C@H](O)/C=C/CCCCCCCCCCCCCC. The first-order chi connectivity index (χ1) is 21.8. The van der Waals surface area contributed by atoms with Crippen LogP contribution in [0.1, 0.15) is 187 Å². The summed E-state index contributed by atoms with van der Waals surface area (Å²) in [7, 11) is -4.71. The molecule has 0 unspecified atom stereocenters. The number of unbranched alkanes of at least 4 members (excludes halogenated alkanes) is 23. The van der Waals surface area contributed by atoms with Gasteiger partial charge in [0.1, 0.15) is 0 Å². The molecule has 0 aliphatic carbocycles. The van der Waals surface area contributed by atoms with Crippen LogP contribution in [0.3, 0.4) is 0 Å². The minimum absolute atomic E-state index is 0.236. The Kier molecular flexibility index (Phi) is 32.2. The zero-order valence-corrected chi connectivity index (χ0v) is 30.2. The Bertz CT molecular complexity index is 753. The number of carbonyl (C=O) groups excluding carboxylic acids is 1. The van der Waals surface area contributed by atoms with E-state index in [0.29, 0.717) is 6.42 Å². The Hall–Kier alpha value is -0.980. The van der Waals surface area contributed by atoms with Gasteiger partial charge in [0.05, 0.1) is 18.8 Å². The fourth-order valence-corrected chi connectivity index (χ4v) is 5.87. The van der Waals surface area contributed by atoms with Crippen LogP contribution in [-0.2, 0) is 13.9 Å². The van der Waals surface area contributed by atoms with Crippen LogP contribution in [0.25, 0.3) is 0 Å². The van der Waals surface area contributed by atoms with Gasteiger partial charge in [0, 0.05) is 6.42 Å². The second-order valence-corrected chi connectivity index (χ2v) is 14.1. The van der Waals surface area contributed by atoms with E-state index in [9.17, 15) is 14.5 Å². The van der Waals surface area contributed by atoms with Crippen molar-refractivity contribution in [2.75, 3.05) is 6.61 Å². The van der Waals surface area contributed by atoms with E-state index < -0.39 is 26.6 Å². The summed E-state index contributed by atoms with van der Waals surface area (Å²) in [5.74, 6) is -0.236. The van der Waals surface area contributed by atoms with E-state index in [1.165, 1.54) is 116 Å². The minimum Gasteiger partial charge on any atom is -0.387 e. The molecule has 0 saturated heterocycles.